The number of piperazine rings is 1. The number of carbonyl (C=O) groups is 1. The van der Waals surface area contributed by atoms with Crippen LogP contribution in [0.2, 0.25) is 0 Å². The summed E-state index contributed by atoms with van der Waals surface area (Å²) in [6.07, 6.45) is 3.86. The molecule has 33 heavy (non-hydrogen) atoms. The molecule has 2 aromatic rings. The normalized spacial score (nSPS) is 17.4. The van der Waals surface area contributed by atoms with Crippen molar-refractivity contribution in [1.82, 2.24) is 9.80 Å². The number of hydrogen-bond donors (Lipinski definition) is 1. The molecule has 0 radical (unpaired) electrons. The monoisotopic (exact) mass is 449 g/mol. The third-order valence-electron chi connectivity index (χ3n) is 6.88. The molecular weight excluding hydrogens is 410 g/mol. The first-order valence-electron chi connectivity index (χ1n) is 12.5. The number of nitrogens with zero attached hydrogens (tertiary/aromatic N) is 4. The van der Waals surface area contributed by atoms with Gasteiger partial charge in [-0.2, -0.15) is 0 Å². The summed E-state index contributed by atoms with van der Waals surface area (Å²) in [5.74, 6) is 0.0252. The maximum Gasteiger partial charge on any atom is 0.238 e. The van der Waals surface area contributed by atoms with Crippen LogP contribution in [0.25, 0.3) is 0 Å². The minimum atomic E-state index is 0.0252. The van der Waals surface area contributed by atoms with Gasteiger partial charge in [-0.3, -0.25) is 9.69 Å². The summed E-state index contributed by atoms with van der Waals surface area (Å²) in [5.41, 5.74) is 4.70. The Labute approximate surface area is 199 Å². The Kier molecular flexibility index (Phi) is 8.24. The Morgan fingerprint density at radius 1 is 0.879 bits per heavy atom. The molecular formula is C27H39N5O. The fourth-order valence-corrected chi connectivity index (χ4v) is 4.96. The molecule has 2 fully saturated rings. The van der Waals surface area contributed by atoms with E-state index >= 15 is 0 Å². The van der Waals surface area contributed by atoms with Crippen LogP contribution in [-0.4, -0.2) is 75.1 Å². The summed E-state index contributed by atoms with van der Waals surface area (Å²) in [4.78, 5) is 22.2. The summed E-state index contributed by atoms with van der Waals surface area (Å²) < 4.78 is 0. The second-order valence-corrected chi connectivity index (χ2v) is 9.37. The summed E-state index contributed by atoms with van der Waals surface area (Å²) in [6.45, 7) is 11.1. The molecule has 2 aliphatic rings. The Morgan fingerprint density at radius 2 is 1.58 bits per heavy atom. The van der Waals surface area contributed by atoms with Crippen molar-refractivity contribution in [3.05, 3.63) is 54.1 Å². The maximum atomic E-state index is 12.7. The standard InChI is InChI=1S/C27H39N5O/c1-3-30-17-19-31(20-18-30)25-13-11-24(12-14-25)28-27(33)22-29(2)21-23-9-5-6-10-26(23)32-15-7-4-8-16-32/h5-6,9-14H,3-4,7-8,15-22H2,1-2H3,(H,28,33). The highest BCUT2D eigenvalue weighted by Gasteiger charge is 2.17. The van der Waals surface area contributed by atoms with E-state index in [2.05, 4.69) is 68.2 Å². The van der Waals surface area contributed by atoms with Gasteiger partial charge in [-0.25, -0.2) is 0 Å². The van der Waals surface area contributed by atoms with E-state index in [0.29, 0.717) is 6.54 Å². The molecule has 2 saturated heterocycles. The molecule has 0 bridgehead atoms. The Hall–Kier alpha value is -2.57. The summed E-state index contributed by atoms with van der Waals surface area (Å²) in [7, 11) is 2.02. The van der Waals surface area contributed by atoms with Gasteiger partial charge in [0, 0.05) is 62.9 Å². The first kappa shape index (κ1) is 23.6. The molecule has 1 amide bonds. The Balaban J connectivity index is 1.28. The zero-order valence-corrected chi connectivity index (χ0v) is 20.3. The minimum Gasteiger partial charge on any atom is -0.371 e. The van der Waals surface area contributed by atoms with Gasteiger partial charge in [-0.1, -0.05) is 25.1 Å². The van der Waals surface area contributed by atoms with Gasteiger partial charge in [0.1, 0.15) is 0 Å². The Morgan fingerprint density at radius 3 is 2.27 bits per heavy atom. The van der Waals surface area contributed by atoms with Crippen LogP contribution in [0.15, 0.2) is 48.5 Å². The average Bonchev–Trinajstić information content (AvgIpc) is 2.85. The van der Waals surface area contributed by atoms with Gasteiger partial charge >= 0.3 is 0 Å². The zero-order chi connectivity index (χ0) is 23.0. The van der Waals surface area contributed by atoms with Gasteiger partial charge in [-0.15, -0.1) is 0 Å². The molecule has 2 aliphatic heterocycles. The first-order chi connectivity index (χ1) is 16.1. The average molecular weight is 450 g/mol. The zero-order valence-electron chi connectivity index (χ0n) is 20.3. The number of nitrogens with one attached hydrogen (secondary N) is 1. The summed E-state index contributed by atoms with van der Waals surface area (Å²) in [5, 5.41) is 3.07. The van der Waals surface area contributed by atoms with E-state index in [1.54, 1.807) is 0 Å². The predicted octanol–water partition coefficient (Wildman–Crippen LogP) is 3.89. The van der Waals surface area contributed by atoms with Crippen molar-refractivity contribution in [3.63, 3.8) is 0 Å². The van der Waals surface area contributed by atoms with E-state index in [1.807, 2.05) is 19.2 Å². The molecule has 2 aromatic carbocycles. The van der Waals surface area contributed by atoms with Gasteiger partial charge < -0.3 is 20.0 Å². The van der Waals surface area contributed by atoms with Crippen LogP contribution >= 0.6 is 0 Å². The van der Waals surface area contributed by atoms with Crippen LogP contribution in [-0.2, 0) is 11.3 Å². The van der Waals surface area contributed by atoms with Gasteiger partial charge in [-0.05, 0) is 68.8 Å². The van der Waals surface area contributed by atoms with Crippen molar-refractivity contribution in [2.24, 2.45) is 0 Å². The molecule has 1 N–H and O–H groups in total. The third-order valence-corrected chi connectivity index (χ3v) is 6.88. The molecule has 4 rings (SSSR count). The number of likely N-dealkylation sites (N-methyl/N-ethyl adjacent to an activating group) is 2. The van der Waals surface area contributed by atoms with Crippen molar-refractivity contribution >= 4 is 23.0 Å². The smallest absolute Gasteiger partial charge is 0.238 e. The quantitative estimate of drug-likeness (QED) is 0.662. The molecule has 2 heterocycles. The lowest BCUT2D eigenvalue weighted by Gasteiger charge is -2.35. The molecule has 0 aliphatic carbocycles. The predicted molar refractivity (Wildman–Crippen MR) is 138 cm³/mol. The van der Waals surface area contributed by atoms with Crippen molar-refractivity contribution in [2.45, 2.75) is 32.7 Å². The second-order valence-electron chi connectivity index (χ2n) is 9.37. The van der Waals surface area contributed by atoms with Crippen molar-refractivity contribution < 1.29 is 4.79 Å². The van der Waals surface area contributed by atoms with Crippen LogP contribution in [0.3, 0.4) is 0 Å². The first-order valence-corrected chi connectivity index (χ1v) is 12.5. The van der Waals surface area contributed by atoms with E-state index in [0.717, 1.165) is 58.0 Å². The van der Waals surface area contributed by atoms with Gasteiger partial charge in [0.25, 0.3) is 0 Å². The van der Waals surface area contributed by atoms with E-state index in [-0.39, 0.29) is 5.91 Å². The topological polar surface area (TPSA) is 42.1 Å². The summed E-state index contributed by atoms with van der Waals surface area (Å²) in [6, 6.07) is 16.9. The Bertz CT molecular complexity index is 886. The number of carbonyl (C=O) groups excluding carboxylic acids is 1. The highest BCUT2D eigenvalue weighted by Crippen LogP contribution is 2.25. The molecule has 0 aromatic heterocycles. The van der Waals surface area contributed by atoms with E-state index in [1.165, 1.54) is 36.2 Å². The fourth-order valence-electron chi connectivity index (χ4n) is 4.96. The van der Waals surface area contributed by atoms with E-state index in [9.17, 15) is 4.79 Å². The van der Waals surface area contributed by atoms with E-state index in [4.69, 9.17) is 0 Å². The highest BCUT2D eigenvalue weighted by atomic mass is 16.2. The molecule has 6 nitrogen and oxygen atoms in total. The molecule has 0 spiro atoms. The van der Waals surface area contributed by atoms with Crippen LogP contribution < -0.4 is 15.1 Å². The molecule has 0 unspecified atom stereocenters. The number of rotatable bonds is 8. The number of hydrogen-bond acceptors (Lipinski definition) is 5. The van der Waals surface area contributed by atoms with Crippen LogP contribution in [0.4, 0.5) is 17.1 Å². The fraction of sp³-hybridized carbons (Fsp3) is 0.519. The highest BCUT2D eigenvalue weighted by molar-refractivity contribution is 5.92. The number of benzene rings is 2. The van der Waals surface area contributed by atoms with Crippen molar-refractivity contribution in [3.8, 4) is 0 Å². The lowest BCUT2D eigenvalue weighted by Crippen LogP contribution is -2.46. The number of piperidine rings is 1. The minimum absolute atomic E-state index is 0.0252. The van der Waals surface area contributed by atoms with E-state index < -0.39 is 0 Å². The maximum absolute atomic E-state index is 12.7. The lowest BCUT2D eigenvalue weighted by molar-refractivity contribution is -0.117. The van der Waals surface area contributed by atoms with Crippen LogP contribution in [0, 0.1) is 0 Å². The molecule has 178 valence electrons. The third kappa shape index (κ3) is 6.49. The van der Waals surface area contributed by atoms with Crippen LogP contribution in [0.1, 0.15) is 31.7 Å². The van der Waals surface area contributed by atoms with Crippen LogP contribution in [0.5, 0.6) is 0 Å². The number of anilines is 3. The molecule has 0 saturated carbocycles. The SMILES string of the molecule is CCN1CCN(c2ccc(NC(=O)CN(C)Cc3ccccc3N3CCCCC3)cc2)CC1. The molecule has 6 heteroatoms. The largest absolute Gasteiger partial charge is 0.371 e. The van der Waals surface area contributed by atoms with Gasteiger partial charge in [0.05, 0.1) is 6.54 Å². The molecule has 0 atom stereocenters. The van der Waals surface area contributed by atoms with Gasteiger partial charge in [0.2, 0.25) is 5.91 Å². The lowest BCUT2D eigenvalue weighted by atomic mass is 10.1. The summed E-state index contributed by atoms with van der Waals surface area (Å²) >= 11 is 0. The number of para-hydroxylation sites is 1. The second kappa shape index (κ2) is 11.5. The van der Waals surface area contributed by atoms with Crippen molar-refractivity contribution in [2.75, 3.05) is 74.5 Å². The number of amides is 1. The van der Waals surface area contributed by atoms with Crippen molar-refractivity contribution in [1.29, 1.82) is 0 Å². The van der Waals surface area contributed by atoms with Gasteiger partial charge in [0.15, 0.2) is 0 Å².